The molecule has 3 heteroatoms. The van der Waals surface area contributed by atoms with Gasteiger partial charge in [0.2, 0.25) is 0 Å². The van der Waals surface area contributed by atoms with Crippen LogP contribution in [0, 0.1) is 11.8 Å². The lowest BCUT2D eigenvalue weighted by atomic mass is 9.89. The van der Waals surface area contributed by atoms with Crippen molar-refractivity contribution in [1.29, 1.82) is 0 Å². The second-order valence-electron chi connectivity index (χ2n) is 5.63. The van der Waals surface area contributed by atoms with Crippen molar-refractivity contribution in [3.05, 3.63) is 0 Å². The number of ether oxygens (including phenoxy) is 2. The summed E-state index contributed by atoms with van der Waals surface area (Å²) in [5.74, 6) is 1.33. The zero-order chi connectivity index (χ0) is 11.6. The maximum Gasteiger partial charge on any atom is 0.168 e. The average molecular weight is 227 g/mol. The maximum absolute atomic E-state index is 6.00. The summed E-state index contributed by atoms with van der Waals surface area (Å²) < 4.78 is 11.9. The Morgan fingerprint density at radius 1 is 1.31 bits per heavy atom. The first-order valence-corrected chi connectivity index (χ1v) is 6.67. The van der Waals surface area contributed by atoms with Gasteiger partial charge in [0.25, 0.3) is 0 Å². The summed E-state index contributed by atoms with van der Waals surface area (Å²) in [6.07, 6.45) is 5.99. The molecule has 0 amide bonds. The van der Waals surface area contributed by atoms with Crippen molar-refractivity contribution in [3.8, 4) is 0 Å². The monoisotopic (exact) mass is 227 g/mol. The fourth-order valence-corrected chi connectivity index (χ4v) is 2.97. The van der Waals surface area contributed by atoms with Gasteiger partial charge in [-0.2, -0.15) is 0 Å². The summed E-state index contributed by atoms with van der Waals surface area (Å²) in [6.45, 7) is 5.90. The smallest absolute Gasteiger partial charge is 0.168 e. The van der Waals surface area contributed by atoms with Crippen LogP contribution in [0.15, 0.2) is 0 Å². The molecule has 2 fully saturated rings. The molecular formula is C13H25NO2. The quantitative estimate of drug-likeness (QED) is 0.787. The largest absolute Gasteiger partial charge is 0.347 e. The van der Waals surface area contributed by atoms with Gasteiger partial charge in [-0.1, -0.05) is 20.3 Å². The van der Waals surface area contributed by atoms with Crippen LogP contribution in [0.5, 0.6) is 0 Å². The maximum atomic E-state index is 6.00. The molecule has 1 saturated carbocycles. The predicted molar refractivity (Wildman–Crippen MR) is 64.0 cm³/mol. The van der Waals surface area contributed by atoms with Crippen molar-refractivity contribution in [2.45, 2.75) is 57.8 Å². The topological polar surface area (TPSA) is 44.5 Å². The van der Waals surface area contributed by atoms with Gasteiger partial charge in [-0.3, -0.25) is 0 Å². The van der Waals surface area contributed by atoms with E-state index in [1.165, 1.54) is 19.3 Å². The molecule has 2 aliphatic rings. The first-order chi connectivity index (χ1) is 7.65. The summed E-state index contributed by atoms with van der Waals surface area (Å²) in [7, 11) is 0. The highest BCUT2D eigenvalue weighted by molar-refractivity contribution is 4.84. The third-order valence-electron chi connectivity index (χ3n) is 4.15. The van der Waals surface area contributed by atoms with E-state index in [1.807, 2.05) is 0 Å². The van der Waals surface area contributed by atoms with Gasteiger partial charge >= 0.3 is 0 Å². The molecule has 0 aromatic rings. The molecule has 1 aliphatic carbocycles. The van der Waals surface area contributed by atoms with Crippen LogP contribution in [-0.2, 0) is 9.47 Å². The molecule has 1 heterocycles. The van der Waals surface area contributed by atoms with Crippen molar-refractivity contribution in [3.63, 3.8) is 0 Å². The zero-order valence-corrected chi connectivity index (χ0v) is 10.6. The molecule has 1 saturated heterocycles. The zero-order valence-electron chi connectivity index (χ0n) is 10.6. The first kappa shape index (κ1) is 12.3. The third kappa shape index (κ3) is 2.58. The molecule has 0 radical (unpaired) electrons. The number of hydrogen-bond acceptors (Lipinski definition) is 3. The fraction of sp³-hybridized carbons (Fsp3) is 1.00. The molecule has 1 aliphatic heterocycles. The van der Waals surface area contributed by atoms with E-state index in [1.54, 1.807) is 0 Å². The van der Waals surface area contributed by atoms with E-state index in [2.05, 4.69) is 13.8 Å². The van der Waals surface area contributed by atoms with Crippen LogP contribution in [0.3, 0.4) is 0 Å². The molecule has 3 atom stereocenters. The molecule has 2 N–H and O–H groups in total. The minimum absolute atomic E-state index is 0.121. The summed E-state index contributed by atoms with van der Waals surface area (Å²) >= 11 is 0. The summed E-state index contributed by atoms with van der Waals surface area (Å²) in [5.41, 5.74) is 5.63. The van der Waals surface area contributed by atoms with Gasteiger partial charge in [0, 0.05) is 19.4 Å². The summed E-state index contributed by atoms with van der Waals surface area (Å²) in [5, 5.41) is 0. The molecule has 1 spiro atoms. The number of rotatable bonds is 2. The number of nitrogens with two attached hydrogens (primary N) is 1. The minimum Gasteiger partial charge on any atom is -0.347 e. The van der Waals surface area contributed by atoms with E-state index in [0.717, 1.165) is 24.7 Å². The lowest BCUT2D eigenvalue weighted by Crippen LogP contribution is -2.32. The Balaban J connectivity index is 1.93. The molecule has 2 rings (SSSR count). The molecule has 3 unspecified atom stereocenters. The Hall–Kier alpha value is -0.120. The summed E-state index contributed by atoms with van der Waals surface area (Å²) in [6, 6.07) is 0. The molecule has 0 bridgehead atoms. The highest BCUT2D eigenvalue weighted by atomic mass is 16.7. The molecule has 3 nitrogen and oxygen atoms in total. The lowest BCUT2D eigenvalue weighted by Gasteiger charge is -2.26. The second-order valence-corrected chi connectivity index (χ2v) is 5.63. The van der Waals surface area contributed by atoms with Crippen molar-refractivity contribution in [1.82, 2.24) is 0 Å². The van der Waals surface area contributed by atoms with Crippen molar-refractivity contribution < 1.29 is 9.47 Å². The van der Waals surface area contributed by atoms with E-state index in [9.17, 15) is 0 Å². The number of hydrogen-bond donors (Lipinski definition) is 1. The highest BCUT2D eigenvalue weighted by Gasteiger charge is 2.42. The van der Waals surface area contributed by atoms with Crippen LogP contribution in [0.1, 0.15) is 46.0 Å². The third-order valence-corrected chi connectivity index (χ3v) is 4.15. The van der Waals surface area contributed by atoms with Gasteiger partial charge < -0.3 is 15.2 Å². The Morgan fingerprint density at radius 3 is 2.75 bits per heavy atom. The van der Waals surface area contributed by atoms with Crippen LogP contribution in [-0.4, -0.2) is 25.0 Å². The standard InChI is InChI=1S/C13H25NO2/c1-10(2)11-4-3-6-13(7-5-11)15-9-12(8-14)16-13/h10-12H,3-9,14H2,1-2H3. The average Bonchev–Trinajstić information content (AvgIpc) is 2.53. The van der Waals surface area contributed by atoms with Gasteiger partial charge in [0.1, 0.15) is 0 Å². The van der Waals surface area contributed by atoms with Crippen LogP contribution in [0.25, 0.3) is 0 Å². The molecule has 16 heavy (non-hydrogen) atoms. The van der Waals surface area contributed by atoms with Gasteiger partial charge in [0.05, 0.1) is 12.7 Å². The van der Waals surface area contributed by atoms with Crippen molar-refractivity contribution in [2.24, 2.45) is 17.6 Å². The molecule has 94 valence electrons. The van der Waals surface area contributed by atoms with Gasteiger partial charge in [-0.25, -0.2) is 0 Å². The normalized spacial score (nSPS) is 40.5. The Bertz CT molecular complexity index is 232. The first-order valence-electron chi connectivity index (χ1n) is 6.67. The fourth-order valence-electron chi connectivity index (χ4n) is 2.97. The van der Waals surface area contributed by atoms with Crippen molar-refractivity contribution >= 4 is 0 Å². The predicted octanol–water partition coefficient (Wildman–Crippen LogP) is 2.29. The van der Waals surface area contributed by atoms with E-state index < -0.39 is 0 Å². The Labute approximate surface area is 98.7 Å². The molecular weight excluding hydrogens is 202 g/mol. The van der Waals surface area contributed by atoms with E-state index in [-0.39, 0.29) is 11.9 Å². The molecule has 0 aromatic heterocycles. The van der Waals surface area contributed by atoms with Crippen LogP contribution in [0.2, 0.25) is 0 Å². The van der Waals surface area contributed by atoms with E-state index in [0.29, 0.717) is 13.2 Å². The van der Waals surface area contributed by atoms with Crippen LogP contribution < -0.4 is 5.73 Å². The SMILES string of the molecule is CC(C)C1CCCC2(CC1)OCC(CN)O2. The van der Waals surface area contributed by atoms with E-state index >= 15 is 0 Å². The van der Waals surface area contributed by atoms with Gasteiger partial charge in [-0.15, -0.1) is 0 Å². The highest BCUT2D eigenvalue weighted by Crippen LogP contribution is 2.40. The van der Waals surface area contributed by atoms with Gasteiger partial charge in [0.15, 0.2) is 5.79 Å². The van der Waals surface area contributed by atoms with Crippen LogP contribution >= 0.6 is 0 Å². The minimum atomic E-state index is -0.284. The van der Waals surface area contributed by atoms with Crippen LogP contribution in [0.4, 0.5) is 0 Å². The summed E-state index contributed by atoms with van der Waals surface area (Å²) in [4.78, 5) is 0. The van der Waals surface area contributed by atoms with Crippen molar-refractivity contribution in [2.75, 3.05) is 13.2 Å². The van der Waals surface area contributed by atoms with E-state index in [4.69, 9.17) is 15.2 Å². The second kappa shape index (κ2) is 5.03. The lowest BCUT2D eigenvalue weighted by molar-refractivity contribution is -0.175. The molecule has 0 aromatic carbocycles. The Kier molecular flexibility index (Phi) is 3.88. The van der Waals surface area contributed by atoms with Gasteiger partial charge in [-0.05, 0) is 24.7 Å². The Morgan fingerprint density at radius 2 is 2.12 bits per heavy atom.